The van der Waals surface area contributed by atoms with Gasteiger partial charge in [0.05, 0.1) is 12.8 Å². The van der Waals surface area contributed by atoms with Crippen LogP contribution >= 0.6 is 0 Å². The topological polar surface area (TPSA) is 78.9 Å². The first-order valence-corrected chi connectivity index (χ1v) is 14.9. The van der Waals surface area contributed by atoms with Crippen molar-refractivity contribution < 1.29 is 14.3 Å². The van der Waals surface area contributed by atoms with Gasteiger partial charge in [0, 0.05) is 43.9 Å². The molecule has 0 saturated carbocycles. The van der Waals surface area contributed by atoms with Crippen molar-refractivity contribution in [2.45, 2.75) is 20.3 Å². The molecule has 0 atom stereocenters. The van der Waals surface area contributed by atoms with Crippen molar-refractivity contribution in [2.75, 3.05) is 51.3 Å². The fourth-order valence-corrected chi connectivity index (χ4v) is 5.14. The number of piperazine rings is 1. The molecule has 4 aromatic rings. The molecule has 5 rings (SSSR count). The number of carbonyl (C=O) groups is 2. The van der Waals surface area contributed by atoms with Gasteiger partial charge in [-0.15, -0.1) is 10.2 Å². The molecule has 0 unspecified atom stereocenters. The highest BCUT2D eigenvalue weighted by atomic mass is 16.5. The predicted molar refractivity (Wildman–Crippen MR) is 170 cm³/mol. The summed E-state index contributed by atoms with van der Waals surface area (Å²) in [5.74, 6) is 1.73. The molecule has 0 bridgehead atoms. The summed E-state index contributed by atoms with van der Waals surface area (Å²) >= 11 is 0. The lowest BCUT2D eigenvalue weighted by atomic mass is 10.0. The lowest BCUT2D eigenvalue weighted by Gasteiger charge is -2.36. The summed E-state index contributed by atoms with van der Waals surface area (Å²) in [4.78, 5) is 32.3. The maximum Gasteiger partial charge on any atom is 0.254 e. The SMILES string of the molecule is COc1ccc(C(=O)N(CCC(C)C)CC(=O)N2CCN(c3ccc(-c4ccc(-c5ccccc5)cc4)nn3)CC2)cc1. The molecule has 1 fully saturated rings. The zero-order valence-corrected chi connectivity index (χ0v) is 25.1. The number of aromatic nitrogens is 2. The number of nitrogens with zero attached hydrogens (tertiary/aromatic N) is 5. The molecular weight excluding hydrogens is 538 g/mol. The Morgan fingerprint density at radius 2 is 1.44 bits per heavy atom. The van der Waals surface area contributed by atoms with Gasteiger partial charge in [0.1, 0.15) is 12.3 Å². The third-order valence-corrected chi connectivity index (χ3v) is 7.82. The highest BCUT2D eigenvalue weighted by Gasteiger charge is 2.26. The Morgan fingerprint density at radius 1 is 0.791 bits per heavy atom. The Labute approximate surface area is 253 Å². The molecule has 8 heteroatoms. The normalized spacial score (nSPS) is 13.2. The Balaban J connectivity index is 1.17. The molecular formula is C35H39N5O3. The van der Waals surface area contributed by atoms with Gasteiger partial charge in [-0.1, -0.05) is 68.4 Å². The van der Waals surface area contributed by atoms with Crippen molar-refractivity contribution in [1.29, 1.82) is 0 Å². The first-order valence-electron chi connectivity index (χ1n) is 14.9. The van der Waals surface area contributed by atoms with Crippen LogP contribution < -0.4 is 9.64 Å². The molecule has 0 aliphatic carbocycles. The van der Waals surface area contributed by atoms with Crippen LogP contribution in [0.1, 0.15) is 30.6 Å². The van der Waals surface area contributed by atoms with Crippen molar-refractivity contribution in [3.05, 3.63) is 96.6 Å². The summed E-state index contributed by atoms with van der Waals surface area (Å²) in [6.07, 6.45) is 0.828. The smallest absolute Gasteiger partial charge is 0.254 e. The fraction of sp³-hybridized carbons (Fsp3) is 0.314. The van der Waals surface area contributed by atoms with E-state index in [4.69, 9.17) is 4.74 Å². The van der Waals surface area contributed by atoms with E-state index in [1.54, 1.807) is 36.3 Å². The quantitative estimate of drug-likeness (QED) is 0.242. The molecule has 8 nitrogen and oxygen atoms in total. The number of amides is 2. The summed E-state index contributed by atoms with van der Waals surface area (Å²) in [5, 5.41) is 8.99. The second-order valence-electron chi connectivity index (χ2n) is 11.2. The molecule has 0 spiro atoms. The van der Waals surface area contributed by atoms with Crippen LogP contribution in [-0.4, -0.2) is 78.2 Å². The summed E-state index contributed by atoms with van der Waals surface area (Å²) in [6, 6.07) is 29.7. The first-order chi connectivity index (χ1) is 20.9. The van der Waals surface area contributed by atoms with E-state index < -0.39 is 0 Å². The molecule has 1 aromatic heterocycles. The summed E-state index contributed by atoms with van der Waals surface area (Å²) < 4.78 is 5.22. The van der Waals surface area contributed by atoms with E-state index in [1.807, 2.05) is 35.2 Å². The zero-order chi connectivity index (χ0) is 30.2. The lowest BCUT2D eigenvalue weighted by molar-refractivity contribution is -0.132. The van der Waals surface area contributed by atoms with Crippen LogP contribution in [0.25, 0.3) is 22.4 Å². The van der Waals surface area contributed by atoms with Gasteiger partial charge in [-0.3, -0.25) is 9.59 Å². The van der Waals surface area contributed by atoms with Crippen molar-refractivity contribution in [1.82, 2.24) is 20.0 Å². The van der Waals surface area contributed by atoms with Crippen molar-refractivity contribution in [3.8, 4) is 28.1 Å². The van der Waals surface area contributed by atoms with E-state index in [1.165, 1.54) is 5.56 Å². The lowest BCUT2D eigenvalue weighted by Crippen LogP contribution is -2.52. The van der Waals surface area contributed by atoms with Gasteiger partial charge in [-0.25, -0.2) is 0 Å². The maximum absolute atomic E-state index is 13.3. The van der Waals surface area contributed by atoms with E-state index >= 15 is 0 Å². The molecule has 3 aromatic carbocycles. The van der Waals surface area contributed by atoms with Crippen LogP contribution in [0.2, 0.25) is 0 Å². The minimum absolute atomic E-state index is 0.0364. The Morgan fingerprint density at radius 3 is 2.05 bits per heavy atom. The number of hydrogen-bond acceptors (Lipinski definition) is 6. The van der Waals surface area contributed by atoms with Gasteiger partial charge in [0.2, 0.25) is 5.91 Å². The average Bonchev–Trinajstić information content (AvgIpc) is 3.07. The van der Waals surface area contributed by atoms with Gasteiger partial charge in [0.25, 0.3) is 5.91 Å². The second kappa shape index (κ2) is 14.0. The number of carbonyl (C=O) groups excluding carboxylic acids is 2. The third-order valence-electron chi connectivity index (χ3n) is 7.82. The highest BCUT2D eigenvalue weighted by Crippen LogP contribution is 2.24. The summed E-state index contributed by atoms with van der Waals surface area (Å²) in [6.45, 7) is 7.28. The fourth-order valence-electron chi connectivity index (χ4n) is 5.14. The molecule has 2 amide bonds. The largest absolute Gasteiger partial charge is 0.497 e. The molecule has 1 aliphatic rings. The first kappa shape index (κ1) is 29.8. The molecule has 1 saturated heterocycles. The predicted octanol–water partition coefficient (Wildman–Crippen LogP) is 5.66. The zero-order valence-electron chi connectivity index (χ0n) is 25.1. The number of anilines is 1. The minimum Gasteiger partial charge on any atom is -0.497 e. The van der Waals surface area contributed by atoms with E-state index in [0.717, 1.165) is 29.1 Å². The van der Waals surface area contributed by atoms with Gasteiger partial charge >= 0.3 is 0 Å². The van der Waals surface area contributed by atoms with Crippen LogP contribution in [0, 0.1) is 5.92 Å². The van der Waals surface area contributed by atoms with E-state index in [2.05, 4.69) is 65.3 Å². The second-order valence-corrected chi connectivity index (χ2v) is 11.2. The van der Waals surface area contributed by atoms with Gasteiger partial charge in [0.15, 0.2) is 5.82 Å². The molecule has 222 valence electrons. The molecule has 0 radical (unpaired) electrons. The number of methoxy groups -OCH3 is 1. The number of ether oxygens (including phenoxy) is 1. The molecule has 1 aliphatic heterocycles. The van der Waals surface area contributed by atoms with Gasteiger partial charge < -0.3 is 19.4 Å². The van der Waals surface area contributed by atoms with Crippen LogP contribution in [0.4, 0.5) is 5.82 Å². The number of benzene rings is 3. The maximum atomic E-state index is 13.3. The van der Waals surface area contributed by atoms with E-state index in [9.17, 15) is 9.59 Å². The average molecular weight is 578 g/mol. The summed E-state index contributed by atoms with van der Waals surface area (Å²) in [5.41, 5.74) is 4.73. The monoisotopic (exact) mass is 577 g/mol. The Kier molecular flexibility index (Phi) is 9.66. The highest BCUT2D eigenvalue weighted by molar-refractivity contribution is 5.96. The molecule has 0 N–H and O–H groups in total. The van der Waals surface area contributed by atoms with Gasteiger partial charge in [-0.2, -0.15) is 0 Å². The number of hydrogen-bond donors (Lipinski definition) is 0. The molecule has 43 heavy (non-hydrogen) atoms. The van der Waals surface area contributed by atoms with E-state index in [-0.39, 0.29) is 18.4 Å². The summed E-state index contributed by atoms with van der Waals surface area (Å²) in [7, 11) is 1.60. The van der Waals surface area contributed by atoms with Crippen molar-refractivity contribution in [3.63, 3.8) is 0 Å². The van der Waals surface area contributed by atoms with Crippen LogP contribution in [0.5, 0.6) is 5.75 Å². The van der Waals surface area contributed by atoms with E-state index in [0.29, 0.717) is 50.0 Å². The Hall–Kier alpha value is -4.72. The standard InChI is InChI=1S/C35H39N5O3/c1-26(2)19-20-40(35(42)30-13-15-31(43-3)16-14-30)25-34(41)39-23-21-38(22-24-39)33-18-17-32(36-37-33)29-11-9-28(10-12-29)27-7-5-4-6-8-27/h4-18,26H,19-25H2,1-3H3. The Bertz CT molecular complexity index is 1480. The minimum atomic E-state index is -0.139. The van der Waals surface area contributed by atoms with Crippen molar-refractivity contribution in [2.24, 2.45) is 5.92 Å². The van der Waals surface area contributed by atoms with Crippen LogP contribution in [-0.2, 0) is 4.79 Å². The van der Waals surface area contributed by atoms with Crippen LogP contribution in [0.3, 0.4) is 0 Å². The third kappa shape index (κ3) is 7.57. The van der Waals surface area contributed by atoms with Gasteiger partial charge in [-0.05, 0) is 59.9 Å². The van der Waals surface area contributed by atoms with Crippen molar-refractivity contribution >= 4 is 17.6 Å². The van der Waals surface area contributed by atoms with Crippen LogP contribution in [0.15, 0.2) is 91.0 Å². The molecule has 2 heterocycles. The number of rotatable bonds is 10.